The first kappa shape index (κ1) is 15.9. The number of nitrogens with two attached hydrogens (primary N) is 1. The maximum absolute atomic E-state index is 13.1. The van der Waals surface area contributed by atoms with Crippen molar-refractivity contribution >= 4 is 29.0 Å². The summed E-state index contributed by atoms with van der Waals surface area (Å²) in [7, 11) is 0. The number of rotatable bonds is 4. The van der Waals surface area contributed by atoms with Crippen molar-refractivity contribution in [1.82, 2.24) is 19.7 Å². The highest BCUT2D eigenvalue weighted by atomic mass is 35.5. The minimum Gasteiger partial charge on any atom is -0.382 e. The summed E-state index contributed by atoms with van der Waals surface area (Å²) >= 11 is 5.99. The molecule has 7 nitrogen and oxygen atoms in total. The Labute approximate surface area is 141 Å². The lowest BCUT2D eigenvalue weighted by molar-refractivity contribution is 0.102. The molecule has 0 unspecified atom stereocenters. The Hall–Kier alpha value is -3.00. The van der Waals surface area contributed by atoms with Crippen molar-refractivity contribution in [2.75, 3.05) is 11.1 Å². The van der Waals surface area contributed by atoms with Crippen molar-refractivity contribution in [3.8, 4) is 0 Å². The molecule has 3 rings (SSSR count). The molecule has 2 aromatic heterocycles. The molecule has 0 saturated heterocycles. The van der Waals surface area contributed by atoms with Gasteiger partial charge < -0.3 is 11.1 Å². The topological polar surface area (TPSA) is 98.7 Å². The molecule has 0 saturated carbocycles. The third-order valence-corrected chi connectivity index (χ3v) is 3.53. The third kappa shape index (κ3) is 3.49. The summed E-state index contributed by atoms with van der Waals surface area (Å²) in [5, 5.41) is 7.07. The van der Waals surface area contributed by atoms with Gasteiger partial charge in [0.25, 0.3) is 5.91 Å². The number of anilines is 2. The number of nitrogens with one attached hydrogen (secondary N) is 1. The molecule has 9 heteroatoms. The van der Waals surface area contributed by atoms with Crippen LogP contribution in [0.15, 0.2) is 43.0 Å². The second-order valence-corrected chi connectivity index (χ2v) is 5.31. The van der Waals surface area contributed by atoms with Gasteiger partial charge in [0, 0.05) is 23.6 Å². The predicted molar refractivity (Wildman–Crippen MR) is 87.1 cm³/mol. The fourth-order valence-electron chi connectivity index (χ4n) is 2.05. The van der Waals surface area contributed by atoms with Crippen LogP contribution in [0.4, 0.5) is 15.9 Å². The number of carbonyl (C=O) groups excluding carboxylic acids is 1. The van der Waals surface area contributed by atoms with Gasteiger partial charge in [-0.2, -0.15) is 5.10 Å². The van der Waals surface area contributed by atoms with Crippen molar-refractivity contribution in [3.05, 3.63) is 65.1 Å². The van der Waals surface area contributed by atoms with Crippen LogP contribution in [-0.2, 0) is 6.54 Å². The molecule has 24 heavy (non-hydrogen) atoms. The lowest BCUT2D eigenvalue weighted by Crippen LogP contribution is -2.16. The highest BCUT2D eigenvalue weighted by Crippen LogP contribution is 2.19. The molecule has 3 aromatic rings. The van der Waals surface area contributed by atoms with Gasteiger partial charge in [0.05, 0.1) is 18.4 Å². The Bertz CT molecular complexity index is 897. The summed E-state index contributed by atoms with van der Waals surface area (Å²) in [6.45, 7) is 0.336. The maximum atomic E-state index is 13.1. The number of amides is 1. The molecule has 2 heterocycles. The quantitative estimate of drug-likeness (QED) is 0.755. The monoisotopic (exact) mass is 346 g/mol. The average Bonchev–Trinajstić information content (AvgIpc) is 2.97. The molecule has 0 aliphatic heterocycles. The van der Waals surface area contributed by atoms with Crippen LogP contribution in [0.3, 0.4) is 0 Å². The molecule has 1 amide bonds. The summed E-state index contributed by atoms with van der Waals surface area (Å²) in [6.07, 6.45) is 5.87. The van der Waals surface area contributed by atoms with Gasteiger partial charge in [-0.3, -0.25) is 9.48 Å². The minimum absolute atomic E-state index is 0.0341. The molecule has 0 fully saturated rings. The van der Waals surface area contributed by atoms with Gasteiger partial charge in [0.1, 0.15) is 5.82 Å². The molecule has 3 N–H and O–H groups in total. The smallest absolute Gasteiger partial charge is 0.278 e. The molecule has 122 valence electrons. The van der Waals surface area contributed by atoms with E-state index in [0.717, 1.165) is 0 Å². The lowest BCUT2D eigenvalue weighted by atomic mass is 10.2. The molecular weight excluding hydrogens is 335 g/mol. The molecule has 0 aliphatic rings. The highest BCUT2D eigenvalue weighted by molar-refractivity contribution is 6.31. The standard InChI is InChI=1S/C15H12ClFN6O/c16-12-5-10(17)2-1-9(12)7-23-8-11(6-21-23)22-15(24)13-14(18)20-4-3-19-13/h1-6,8H,7H2,(H2,18,20)(H,22,24). The zero-order valence-corrected chi connectivity index (χ0v) is 13.0. The Kier molecular flexibility index (Phi) is 4.39. The molecule has 0 spiro atoms. The van der Waals surface area contributed by atoms with E-state index >= 15 is 0 Å². The SMILES string of the molecule is Nc1nccnc1C(=O)Nc1cnn(Cc2ccc(F)cc2Cl)c1. The number of hydrogen-bond acceptors (Lipinski definition) is 5. The number of halogens is 2. The summed E-state index contributed by atoms with van der Waals surface area (Å²) in [5.41, 5.74) is 6.81. The minimum atomic E-state index is -0.486. The Morgan fingerprint density at radius 2 is 2.12 bits per heavy atom. The van der Waals surface area contributed by atoms with E-state index < -0.39 is 11.7 Å². The van der Waals surface area contributed by atoms with E-state index in [-0.39, 0.29) is 11.5 Å². The van der Waals surface area contributed by atoms with E-state index in [1.165, 1.54) is 30.7 Å². The number of benzene rings is 1. The second kappa shape index (κ2) is 6.63. The number of carbonyl (C=O) groups is 1. The average molecular weight is 347 g/mol. The second-order valence-electron chi connectivity index (χ2n) is 4.91. The van der Waals surface area contributed by atoms with Crippen LogP contribution in [0, 0.1) is 5.82 Å². The van der Waals surface area contributed by atoms with Crippen LogP contribution in [0.1, 0.15) is 16.1 Å². The van der Waals surface area contributed by atoms with Gasteiger partial charge >= 0.3 is 0 Å². The van der Waals surface area contributed by atoms with Crippen LogP contribution in [-0.4, -0.2) is 25.7 Å². The van der Waals surface area contributed by atoms with E-state index in [2.05, 4.69) is 20.4 Å². The Morgan fingerprint density at radius 1 is 1.33 bits per heavy atom. The van der Waals surface area contributed by atoms with Gasteiger partial charge in [-0.05, 0) is 17.7 Å². The van der Waals surface area contributed by atoms with Crippen molar-refractivity contribution < 1.29 is 9.18 Å². The third-order valence-electron chi connectivity index (χ3n) is 3.18. The summed E-state index contributed by atoms with van der Waals surface area (Å²) in [5.74, 6) is -0.848. The normalized spacial score (nSPS) is 10.6. The van der Waals surface area contributed by atoms with Crippen molar-refractivity contribution in [2.24, 2.45) is 0 Å². The first-order valence-electron chi connectivity index (χ1n) is 6.87. The molecule has 0 bridgehead atoms. The molecule has 0 radical (unpaired) electrons. The fraction of sp³-hybridized carbons (Fsp3) is 0.0667. The van der Waals surface area contributed by atoms with Gasteiger partial charge in [-0.1, -0.05) is 17.7 Å². The van der Waals surface area contributed by atoms with Gasteiger partial charge in [-0.25, -0.2) is 14.4 Å². The Balaban J connectivity index is 1.72. The van der Waals surface area contributed by atoms with Crippen molar-refractivity contribution in [2.45, 2.75) is 6.54 Å². The van der Waals surface area contributed by atoms with Crippen LogP contribution < -0.4 is 11.1 Å². The van der Waals surface area contributed by atoms with Crippen molar-refractivity contribution in [1.29, 1.82) is 0 Å². The van der Waals surface area contributed by atoms with Crippen LogP contribution >= 0.6 is 11.6 Å². The molecule has 1 aromatic carbocycles. The van der Waals surface area contributed by atoms with Crippen LogP contribution in [0.2, 0.25) is 5.02 Å². The molecular formula is C15H12ClFN6O. The number of aromatic nitrogens is 4. The predicted octanol–water partition coefficient (Wildman–Crippen LogP) is 2.35. The van der Waals surface area contributed by atoms with E-state index in [4.69, 9.17) is 17.3 Å². The highest BCUT2D eigenvalue weighted by Gasteiger charge is 2.13. The first-order valence-corrected chi connectivity index (χ1v) is 7.25. The van der Waals surface area contributed by atoms with Gasteiger partial charge in [-0.15, -0.1) is 0 Å². The first-order chi connectivity index (χ1) is 11.5. The largest absolute Gasteiger partial charge is 0.382 e. The lowest BCUT2D eigenvalue weighted by Gasteiger charge is -2.05. The van der Waals surface area contributed by atoms with Gasteiger partial charge in [0.15, 0.2) is 11.5 Å². The molecule has 0 aliphatic carbocycles. The fourth-order valence-corrected chi connectivity index (χ4v) is 2.28. The number of nitrogens with zero attached hydrogens (tertiary/aromatic N) is 4. The summed E-state index contributed by atoms with van der Waals surface area (Å²) in [6, 6.07) is 4.14. The van der Waals surface area contributed by atoms with E-state index in [1.54, 1.807) is 16.9 Å². The van der Waals surface area contributed by atoms with E-state index in [1.807, 2.05) is 0 Å². The number of nitrogen functional groups attached to an aromatic ring is 1. The Morgan fingerprint density at radius 3 is 2.88 bits per heavy atom. The number of hydrogen-bond donors (Lipinski definition) is 2. The molecule has 0 atom stereocenters. The van der Waals surface area contributed by atoms with E-state index in [9.17, 15) is 9.18 Å². The maximum Gasteiger partial charge on any atom is 0.278 e. The zero-order valence-electron chi connectivity index (χ0n) is 12.3. The zero-order chi connectivity index (χ0) is 17.1. The van der Waals surface area contributed by atoms with Crippen LogP contribution in [0.5, 0.6) is 0 Å². The van der Waals surface area contributed by atoms with Crippen LogP contribution in [0.25, 0.3) is 0 Å². The summed E-state index contributed by atoms with van der Waals surface area (Å²) < 4.78 is 14.6. The van der Waals surface area contributed by atoms with Crippen molar-refractivity contribution in [3.63, 3.8) is 0 Å². The summed E-state index contributed by atoms with van der Waals surface area (Å²) in [4.78, 5) is 19.8. The van der Waals surface area contributed by atoms with E-state index in [0.29, 0.717) is 22.8 Å². The van der Waals surface area contributed by atoms with Gasteiger partial charge in [0.2, 0.25) is 0 Å².